The first-order valence-corrected chi connectivity index (χ1v) is 11.4. The van der Waals surface area contributed by atoms with Crippen LogP contribution in [0.2, 0.25) is 0 Å². The molecule has 4 rings (SSSR count). The molecule has 2 heterocycles. The SMILES string of the molecule is Cc1cc(C)n(CCOc2cccc(CN3CCC(O)(COc4ccc(F)cc4)CC3)c2)n1. The normalized spacial score (nSPS) is 16.0. The number of hydrogen-bond donors (Lipinski definition) is 1. The fourth-order valence-corrected chi connectivity index (χ4v) is 4.16. The minimum atomic E-state index is -0.862. The molecule has 1 saturated heterocycles. The van der Waals surface area contributed by atoms with Gasteiger partial charge in [0, 0.05) is 25.3 Å². The molecule has 2 aromatic carbocycles. The fraction of sp³-hybridized carbons (Fsp3) is 0.423. The number of nitrogens with zero attached hydrogens (tertiary/aromatic N) is 3. The number of hydrogen-bond acceptors (Lipinski definition) is 5. The van der Waals surface area contributed by atoms with Crippen LogP contribution in [0.3, 0.4) is 0 Å². The van der Waals surface area contributed by atoms with Crippen molar-refractivity contribution in [1.82, 2.24) is 14.7 Å². The van der Waals surface area contributed by atoms with Crippen LogP contribution in [-0.2, 0) is 13.1 Å². The molecule has 7 heteroatoms. The Morgan fingerprint density at radius 2 is 1.76 bits per heavy atom. The van der Waals surface area contributed by atoms with Gasteiger partial charge in [0.15, 0.2) is 0 Å². The zero-order valence-electron chi connectivity index (χ0n) is 19.3. The Hall–Kier alpha value is -2.90. The molecular formula is C26H32FN3O3. The maximum absolute atomic E-state index is 13.0. The lowest BCUT2D eigenvalue weighted by Crippen LogP contribution is -2.47. The topological polar surface area (TPSA) is 59.8 Å². The third-order valence-electron chi connectivity index (χ3n) is 6.09. The molecule has 1 aromatic heterocycles. The lowest BCUT2D eigenvalue weighted by atomic mass is 9.92. The minimum absolute atomic E-state index is 0.213. The van der Waals surface area contributed by atoms with E-state index in [0.717, 1.165) is 36.8 Å². The van der Waals surface area contributed by atoms with Crippen molar-refractivity contribution in [2.75, 3.05) is 26.3 Å². The van der Waals surface area contributed by atoms with Gasteiger partial charge in [0.25, 0.3) is 0 Å². The van der Waals surface area contributed by atoms with E-state index in [-0.39, 0.29) is 12.4 Å². The van der Waals surface area contributed by atoms with Gasteiger partial charge in [-0.05, 0) is 74.7 Å². The molecule has 0 spiro atoms. The van der Waals surface area contributed by atoms with Gasteiger partial charge in [-0.3, -0.25) is 9.58 Å². The van der Waals surface area contributed by atoms with Crippen molar-refractivity contribution in [3.63, 3.8) is 0 Å². The Bertz CT molecular complexity index is 1040. The highest BCUT2D eigenvalue weighted by atomic mass is 19.1. The number of halogens is 1. The van der Waals surface area contributed by atoms with Gasteiger partial charge in [0.1, 0.15) is 36.1 Å². The van der Waals surface area contributed by atoms with Crippen molar-refractivity contribution in [3.8, 4) is 11.5 Å². The van der Waals surface area contributed by atoms with Crippen molar-refractivity contribution >= 4 is 0 Å². The molecule has 0 radical (unpaired) electrons. The molecule has 176 valence electrons. The first-order valence-electron chi connectivity index (χ1n) is 11.4. The van der Waals surface area contributed by atoms with Crippen LogP contribution in [-0.4, -0.2) is 51.7 Å². The molecule has 33 heavy (non-hydrogen) atoms. The van der Waals surface area contributed by atoms with Crippen LogP contribution in [0.15, 0.2) is 54.6 Å². The number of likely N-dealkylation sites (tertiary alicyclic amines) is 1. The first-order chi connectivity index (χ1) is 15.9. The van der Waals surface area contributed by atoms with E-state index in [1.54, 1.807) is 12.1 Å². The lowest BCUT2D eigenvalue weighted by molar-refractivity contribution is -0.0537. The van der Waals surface area contributed by atoms with Gasteiger partial charge in [-0.2, -0.15) is 5.10 Å². The molecular weight excluding hydrogens is 421 g/mol. The maximum atomic E-state index is 13.0. The lowest BCUT2D eigenvalue weighted by Gasteiger charge is -2.38. The molecule has 0 aliphatic carbocycles. The summed E-state index contributed by atoms with van der Waals surface area (Å²) in [6, 6.07) is 16.1. The van der Waals surface area contributed by atoms with Gasteiger partial charge in [-0.1, -0.05) is 12.1 Å². The predicted molar refractivity (Wildman–Crippen MR) is 125 cm³/mol. The predicted octanol–water partition coefficient (Wildman–Crippen LogP) is 4.12. The smallest absolute Gasteiger partial charge is 0.123 e. The monoisotopic (exact) mass is 453 g/mol. The molecule has 1 aliphatic rings. The number of aliphatic hydroxyl groups is 1. The fourth-order valence-electron chi connectivity index (χ4n) is 4.16. The van der Waals surface area contributed by atoms with Gasteiger partial charge in [0.05, 0.1) is 12.2 Å². The van der Waals surface area contributed by atoms with Crippen LogP contribution in [0, 0.1) is 19.7 Å². The molecule has 0 atom stereocenters. The van der Waals surface area contributed by atoms with Crippen molar-refractivity contribution < 1.29 is 19.0 Å². The molecule has 0 unspecified atom stereocenters. The Morgan fingerprint density at radius 3 is 2.45 bits per heavy atom. The van der Waals surface area contributed by atoms with E-state index in [0.29, 0.717) is 31.7 Å². The molecule has 0 saturated carbocycles. The maximum Gasteiger partial charge on any atom is 0.123 e. The van der Waals surface area contributed by atoms with E-state index < -0.39 is 5.60 Å². The summed E-state index contributed by atoms with van der Waals surface area (Å²) in [5.41, 5.74) is 2.48. The summed E-state index contributed by atoms with van der Waals surface area (Å²) in [5, 5.41) is 15.3. The van der Waals surface area contributed by atoms with Crippen LogP contribution in [0.25, 0.3) is 0 Å². The molecule has 3 aromatic rings. The highest BCUT2D eigenvalue weighted by Gasteiger charge is 2.33. The van der Waals surface area contributed by atoms with Crippen LogP contribution in [0.4, 0.5) is 4.39 Å². The van der Waals surface area contributed by atoms with Crippen molar-refractivity contribution in [1.29, 1.82) is 0 Å². The zero-order chi connectivity index (χ0) is 23.3. The third-order valence-corrected chi connectivity index (χ3v) is 6.09. The second kappa shape index (κ2) is 10.4. The van der Waals surface area contributed by atoms with Crippen LogP contribution in [0.5, 0.6) is 11.5 Å². The molecule has 0 bridgehead atoms. The van der Waals surface area contributed by atoms with Gasteiger partial charge < -0.3 is 14.6 Å². The quantitative estimate of drug-likeness (QED) is 0.528. The summed E-state index contributed by atoms with van der Waals surface area (Å²) in [4.78, 5) is 2.33. The van der Waals surface area contributed by atoms with Gasteiger partial charge in [0.2, 0.25) is 0 Å². The third kappa shape index (κ3) is 6.55. The largest absolute Gasteiger partial charge is 0.492 e. The first kappa shape index (κ1) is 23.3. The molecule has 1 N–H and O–H groups in total. The Balaban J connectivity index is 1.22. The standard InChI is InChI=1S/C26H32FN3O3/c1-20-16-21(2)30(28-20)14-15-32-25-5-3-4-22(17-25)18-29-12-10-26(31,11-13-29)19-33-24-8-6-23(27)7-9-24/h3-9,16-17,31H,10-15,18-19H2,1-2H3. The molecule has 1 aliphatic heterocycles. The number of aromatic nitrogens is 2. The summed E-state index contributed by atoms with van der Waals surface area (Å²) in [7, 11) is 0. The summed E-state index contributed by atoms with van der Waals surface area (Å²) >= 11 is 0. The summed E-state index contributed by atoms with van der Waals surface area (Å²) < 4.78 is 26.6. The Morgan fingerprint density at radius 1 is 1.00 bits per heavy atom. The Kier molecular flexibility index (Phi) is 7.30. The highest BCUT2D eigenvalue weighted by molar-refractivity contribution is 5.28. The number of piperidine rings is 1. The van der Waals surface area contributed by atoms with Crippen LogP contribution >= 0.6 is 0 Å². The van der Waals surface area contributed by atoms with Crippen LogP contribution in [0.1, 0.15) is 29.8 Å². The van der Waals surface area contributed by atoms with E-state index in [4.69, 9.17) is 9.47 Å². The van der Waals surface area contributed by atoms with Crippen LogP contribution < -0.4 is 9.47 Å². The summed E-state index contributed by atoms with van der Waals surface area (Å²) in [6.07, 6.45) is 1.26. The average molecular weight is 454 g/mol. The van der Waals surface area contributed by atoms with E-state index >= 15 is 0 Å². The van der Waals surface area contributed by atoms with Crippen molar-refractivity contribution in [2.24, 2.45) is 0 Å². The van der Waals surface area contributed by atoms with E-state index in [9.17, 15) is 9.50 Å². The van der Waals surface area contributed by atoms with E-state index in [1.165, 1.54) is 17.7 Å². The number of rotatable bonds is 9. The second-order valence-electron chi connectivity index (χ2n) is 8.89. The van der Waals surface area contributed by atoms with Crippen molar-refractivity contribution in [2.45, 2.75) is 45.4 Å². The van der Waals surface area contributed by atoms with Crippen molar-refractivity contribution in [3.05, 3.63) is 77.4 Å². The summed E-state index contributed by atoms with van der Waals surface area (Å²) in [5.74, 6) is 1.13. The second-order valence-corrected chi connectivity index (χ2v) is 8.89. The Labute approximate surface area is 194 Å². The molecule has 6 nitrogen and oxygen atoms in total. The summed E-state index contributed by atoms with van der Waals surface area (Å²) in [6.45, 7) is 7.92. The van der Waals surface area contributed by atoms with Gasteiger partial charge in [-0.15, -0.1) is 0 Å². The number of ether oxygens (including phenoxy) is 2. The highest BCUT2D eigenvalue weighted by Crippen LogP contribution is 2.25. The van der Waals surface area contributed by atoms with Gasteiger partial charge in [-0.25, -0.2) is 4.39 Å². The molecule has 0 amide bonds. The molecule has 1 fully saturated rings. The van der Waals surface area contributed by atoms with Gasteiger partial charge >= 0.3 is 0 Å². The number of benzene rings is 2. The van der Waals surface area contributed by atoms with E-state index in [1.807, 2.05) is 23.7 Å². The number of aryl methyl sites for hydroxylation is 2. The minimum Gasteiger partial charge on any atom is -0.492 e. The zero-order valence-corrected chi connectivity index (χ0v) is 19.3. The van der Waals surface area contributed by atoms with E-state index in [2.05, 4.69) is 35.1 Å². The average Bonchev–Trinajstić information content (AvgIpc) is 3.12.